The molecule has 0 spiro atoms. The van der Waals surface area contributed by atoms with Crippen molar-refractivity contribution in [3.05, 3.63) is 65.5 Å². The van der Waals surface area contributed by atoms with Gasteiger partial charge in [0.1, 0.15) is 5.82 Å². The molecule has 2 N–H and O–H groups in total. The summed E-state index contributed by atoms with van der Waals surface area (Å²) in [5, 5.41) is 14.8. The first kappa shape index (κ1) is 19.4. The van der Waals surface area contributed by atoms with E-state index in [2.05, 4.69) is 21.6 Å². The van der Waals surface area contributed by atoms with E-state index in [-0.39, 0.29) is 17.9 Å². The van der Waals surface area contributed by atoms with Gasteiger partial charge >= 0.3 is 6.03 Å². The van der Waals surface area contributed by atoms with Crippen molar-refractivity contribution in [1.82, 2.24) is 10.2 Å². The third-order valence-electron chi connectivity index (χ3n) is 6.01. The minimum absolute atomic E-state index is 0.146. The molecule has 2 aromatic carbocycles. The Balaban J connectivity index is 1.34. The van der Waals surface area contributed by atoms with Gasteiger partial charge in [-0.3, -0.25) is 4.90 Å². The molecule has 2 aliphatic rings. The second kappa shape index (κ2) is 8.62. The van der Waals surface area contributed by atoms with Gasteiger partial charge in [0.15, 0.2) is 0 Å². The van der Waals surface area contributed by atoms with E-state index < -0.39 is 0 Å². The van der Waals surface area contributed by atoms with Gasteiger partial charge in [0.25, 0.3) is 0 Å². The van der Waals surface area contributed by atoms with Crippen LogP contribution in [0.1, 0.15) is 43.2 Å². The van der Waals surface area contributed by atoms with Crippen LogP contribution in [0.5, 0.6) is 0 Å². The van der Waals surface area contributed by atoms with Gasteiger partial charge in [0, 0.05) is 30.4 Å². The maximum Gasteiger partial charge on any atom is 0.319 e. The van der Waals surface area contributed by atoms with Gasteiger partial charge in [-0.25, -0.2) is 9.18 Å². The van der Waals surface area contributed by atoms with E-state index >= 15 is 0 Å². The van der Waals surface area contributed by atoms with Gasteiger partial charge in [-0.15, -0.1) is 0 Å². The third-order valence-corrected chi connectivity index (χ3v) is 6.01. The molecular weight excluding hydrogens is 367 g/mol. The SMILES string of the molecule is N#Cc1ccc(NC(=O)NC2CC3CCCC(C2)N3Cc2ccc(F)cc2)cc1. The highest BCUT2D eigenvalue weighted by Gasteiger charge is 2.38. The smallest absolute Gasteiger partial charge is 0.319 e. The average molecular weight is 392 g/mol. The molecule has 2 bridgehead atoms. The molecule has 2 aromatic rings. The average Bonchev–Trinajstić information content (AvgIpc) is 2.71. The zero-order valence-electron chi connectivity index (χ0n) is 16.3. The summed E-state index contributed by atoms with van der Waals surface area (Å²) in [6.45, 7) is 0.833. The fraction of sp³-hybridized carbons (Fsp3) is 0.391. The van der Waals surface area contributed by atoms with Gasteiger partial charge in [0.2, 0.25) is 0 Å². The Morgan fingerprint density at radius 1 is 1.07 bits per heavy atom. The summed E-state index contributed by atoms with van der Waals surface area (Å²) in [4.78, 5) is 15.0. The molecule has 2 aliphatic heterocycles. The number of nitrogens with zero attached hydrogens (tertiary/aromatic N) is 2. The van der Waals surface area contributed by atoms with Crippen LogP contribution in [0, 0.1) is 17.1 Å². The number of hydrogen-bond donors (Lipinski definition) is 2. The normalized spacial score (nSPS) is 23.8. The fourth-order valence-corrected chi connectivity index (χ4v) is 4.64. The van der Waals surface area contributed by atoms with Crippen molar-refractivity contribution in [3.8, 4) is 6.07 Å². The van der Waals surface area contributed by atoms with E-state index in [1.807, 2.05) is 12.1 Å². The van der Waals surface area contributed by atoms with Crippen LogP contribution in [0.15, 0.2) is 48.5 Å². The molecule has 0 saturated carbocycles. The number of rotatable bonds is 4. The van der Waals surface area contributed by atoms with Gasteiger partial charge in [-0.2, -0.15) is 5.26 Å². The summed E-state index contributed by atoms with van der Waals surface area (Å²) in [6, 6.07) is 16.5. The lowest BCUT2D eigenvalue weighted by atomic mass is 9.81. The highest BCUT2D eigenvalue weighted by Crippen LogP contribution is 2.35. The number of carbonyl (C=O) groups is 1. The van der Waals surface area contributed by atoms with Crippen molar-refractivity contribution < 1.29 is 9.18 Å². The maximum atomic E-state index is 13.2. The van der Waals surface area contributed by atoms with Crippen LogP contribution in [0.25, 0.3) is 0 Å². The number of nitrogens with one attached hydrogen (secondary N) is 2. The van der Waals surface area contributed by atoms with E-state index in [0.29, 0.717) is 23.3 Å². The van der Waals surface area contributed by atoms with Gasteiger partial charge < -0.3 is 10.6 Å². The standard InChI is InChI=1S/C23H25FN4O/c24-18-8-4-17(5-9-18)15-28-21-2-1-3-22(28)13-20(12-21)27-23(29)26-19-10-6-16(14-25)7-11-19/h4-11,20-22H,1-3,12-13,15H2,(H2,26,27,29). The quantitative estimate of drug-likeness (QED) is 0.810. The van der Waals surface area contributed by atoms with E-state index in [1.165, 1.54) is 18.6 Å². The van der Waals surface area contributed by atoms with Crippen LogP contribution in [-0.4, -0.2) is 29.1 Å². The summed E-state index contributed by atoms with van der Waals surface area (Å²) in [5.74, 6) is -0.204. The van der Waals surface area contributed by atoms with E-state index in [0.717, 1.165) is 37.8 Å². The van der Waals surface area contributed by atoms with Gasteiger partial charge in [-0.1, -0.05) is 18.6 Å². The van der Waals surface area contributed by atoms with Crippen LogP contribution < -0.4 is 10.6 Å². The van der Waals surface area contributed by atoms with Crippen molar-refractivity contribution in [2.75, 3.05) is 5.32 Å². The largest absolute Gasteiger partial charge is 0.335 e. The van der Waals surface area contributed by atoms with Crippen LogP contribution in [0.2, 0.25) is 0 Å². The minimum Gasteiger partial charge on any atom is -0.335 e. The topological polar surface area (TPSA) is 68.2 Å². The number of fused-ring (bicyclic) bond motifs is 2. The molecule has 2 amide bonds. The van der Waals surface area contributed by atoms with Crippen LogP contribution in [-0.2, 0) is 6.54 Å². The van der Waals surface area contributed by atoms with Crippen molar-refractivity contribution in [1.29, 1.82) is 5.26 Å². The number of carbonyl (C=O) groups excluding carboxylic acids is 1. The Morgan fingerprint density at radius 3 is 2.34 bits per heavy atom. The predicted molar refractivity (Wildman–Crippen MR) is 110 cm³/mol. The molecule has 0 radical (unpaired) electrons. The van der Waals surface area contributed by atoms with Crippen LogP contribution in [0.3, 0.4) is 0 Å². The van der Waals surface area contributed by atoms with Gasteiger partial charge in [-0.05, 0) is 67.6 Å². The summed E-state index contributed by atoms with van der Waals surface area (Å²) in [7, 11) is 0. The number of nitriles is 1. The molecule has 0 aliphatic carbocycles. The van der Waals surface area contributed by atoms with Crippen molar-refractivity contribution in [2.24, 2.45) is 0 Å². The second-order valence-corrected chi connectivity index (χ2v) is 7.99. The molecule has 2 fully saturated rings. The molecular formula is C23H25FN4O. The van der Waals surface area contributed by atoms with Crippen molar-refractivity contribution >= 4 is 11.7 Å². The zero-order chi connectivity index (χ0) is 20.2. The lowest BCUT2D eigenvalue weighted by Crippen LogP contribution is -2.56. The Bertz CT molecular complexity index is 877. The van der Waals surface area contributed by atoms with Crippen LogP contribution in [0.4, 0.5) is 14.9 Å². The fourth-order valence-electron chi connectivity index (χ4n) is 4.64. The number of benzene rings is 2. The Hall–Kier alpha value is -2.91. The van der Waals surface area contributed by atoms with Crippen molar-refractivity contribution in [3.63, 3.8) is 0 Å². The third kappa shape index (κ3) is 4.75. The first-order valence-electron chi connectivity index (χ1n) is 10.2. The van der Waals surface area contributed by atoms with E-state index in [4.69, 9.17) is 5.26 Å². The molecule has 2 heterocycles. The van der Waals surface area contributed by atoms with Gasteiger partial charge in [0.05, 0.1) is 11.6 Å². The summed E-state index contributed by atoms with van der Waals surface area (Å²) < 4.78 is 13.2. The monoisotopic (exact) mass is 392 g/mol. The lowest BCUT2D eigenvalue weighted by Gasteiger charge is -2.49. The summed E-state index contributed by atoms with van der Waals surface area (Å²) in [5.41, 5.74) is 2.38. The van der Waals surface area contributed by atoms with E-state index in [1.54, 1.807) is 24.3 Å². The highest BCUT2D eigenvalue weighted by atomic mass is 19.1. The number of urea groups is 1. The minimum atomic E-state index is -0.204. The van der Waals surface area contributed by atoms with E-state index in [9.17, 15) is 9.18 Å². The number of piperidine rings is 2. The number of anilines is 1. The van der Waals surface area contributed by atoms with Crippen molar-refractivity contribution in [2.45, 2.75) is 56.8 Å². The number of halogens is 1. The lowest BCUT2D eigenvalue weighted by molar-refractivity contribution is 0.0200. The first-order chi connectivity index (χ1) is 14.1. The zero-order valence-corrected chi connectivity index (χ0v) is 16.3. The second-order valence-electron chi connectivity index (χ2n) is 7.99. The maximum absolute atomic E-state index is 13.2. The first-order valence-corrected chi connectivity index (χ1v) is 10.2. The molecule has 2 atom stereocenters. The molecule has 4 rings (SSSR count). The number of hydrogen-bond acceptors (Lipinski definition) is 3. The molecule has 2 saturated heterocycles. The molecule has 29 heavy (non-hydrogen) atoms. The molecule has 0 aromatic heterocycles. The summed E-state index contributed by atoms with van der Waals surface area (Å²) >= 11 is 0. The predicted octanol–water partition coefficient (Wildman–Crippen LogP) is 4.40. The number of amides is 2. The molecule has 2 unspecified atom stereocenters. The Morgan fingerprint density at radius 2 is 1.72 bits per heavy atom. The molecule has 5 nitrogen and oxygen atoms in total. The Kier molecular flexibility index (Phi) is 5.77. The van der Waals surface area contributed by atoms with Crippen LogP contribution >= 0.6 is 0 Å². The highest BCUT2D eigenvalue weighted by molar-refractivity contribution is 5.89. The summed E-state index contributed by atoms with van der Waals surface area (Å²) in [6.07, 6.45) is 5.34. The molecule has 6 heteroatoms. The Labute approximate surface area is 170 Å². The molecule has 150 valence electrons.